The van der Waals surface area contributed by atoms with Gasteiger partial charge in [-0.2, -0.15) is 9.97 Å². The second-order valence-corrected chi connectivity index (χ2v) is 8.89. The number of phosphoric ester groups is 1. The molecule has 2 aliphatic heterocycles. The number of hydrogen-bond donors (Lipinski definition) is 2. The van der Waals surface area contributed by atoms with E-state index in [1.807, 2.05) is 6.92 Å². The fourth-order valence-corrected chi connectivity index (χ4v) is 5.15. The number of aliphatic hydroxyl groups is 1. The number of hydrogen-bond acceptors (Lipinski definition) is 11. The molecule has 0 aliphatic carbocycles. The molecule has 0 saturated carbocycles. The Balaban J connectivity index is 1.70. The van der Waals surface area contributed by atoms with E-state index in [-0.39, 0.29) is 24.5 Å². The van der Waals surface area contributed by atoms with Gasteiger partial charge in [0, 0.05) is 0 Å². The van der Waals surface area contributed by atoms with Gasteiger partial charge in [0.05, 0.1) is 25.6 Å². The van der Waals surface area contributed by atoms with E-state index in [2.05, 4.69) is 15.0 Å². The van der Waals surface area contributed by atoms with Crippen molar-refractivity contribution >= 4 is 24.9 Å². The highest BCUT2D eigenvalue weighted by atomic mass is 31.2. The molecular formula is C16H24N5O7P. The van der Waals surface area contributed by atoms with Crippen molar-refractivity contribution in [2.45, 2.75) is 57.8 Å². The molecular weight excluding hydrogens is 405 g/mol. The van der Waals surface area contributed by atoms with E-state index in [4.69, 9.17) is 28.8 Å². The molecule has 2 fully saturated rings. The van der Waals surface area contributed by atoms with Crippen LogP contribution in [0, 0.1) is 0 Å². The molecule has 160 valence electrons. The van der Waals surface area contributed by atoms with Gasteiger partial charge in [-0.25, -0.2) is 9.55 Å². The highest BCUT2D eigenvalue weighted by Gasteiger charge is 2.60. The Labute approximate surface area is 166 Å². The number of imidazole rings is 1. The van der Waals surface area contributed by atoms with Crippen LogP contribution in [-0.4, -0.2) is 61.8 Å². The first-order chi connectivity index (χ1) is 13.6. The Morgan fingerprint density at radius 2 is 2.24 bits per heavy atom. The number of ether oxygens (including phenoxy) is 2. The molecule has 2 aromatic rings. The molecule has 29 heavy (non-hydrogen) atoms. The molecule has 5 atom stereocenters. The highest BCUT2D eigenvalue weighted by molar-refractivity contribution is 7.48. The predicted molar refractivity (Wildman–Crippen MR) is 100 cm³/mol. The van der Waals surface area contributed by atoms with Crippen LogP contribution in [0.2, 0.25) is 0 Å². The lowest BCUT2D eigenvalue weighted by molar-refractivity contribution is -0.0917. The number of rotatable bonds is 5. The number of nitrogens with zero attached hydrogens (tertiary/aromatic N) is 4. The first-order valence-electron chi connectivity index (χ1n) is 9.26. The minimum absolute atomic E-state index is 0.00725. The average Bonchev–Trinajstić information content (AvgIpc) is 3.13. The molecule has 3 N–H and O–H groups in total. The normalized spacial score (nSPS) is 34.6. The zero-order valence-corrected chi connectivity index (χ0v) is 17.4. The molecule has 12 nitrogen and oxygen atoms in total. The van der Waals surface area contributed by atoms with Crippen LogP contribution in [-0.2, 0) is 22.9 Å². The van der Waals surface area contributed by atoms with Crippen molar-refractivity contribution in [2.24, 2.45) is 0 Å². The van der Waals surface area contributed by atoms with Crippen LogP contribution in [0.3, 0.4) is 0 Å². The monoisotopic (exact) mass is 429 g/mol. The first-order valence-corrected chi connectivity index (χ1v) is 10.7. The molecule has 0 aromatic carbocycles. The maximum absolute atomic E-state index is 12.7. The van der Waals surface area contributed by atoms with Gasteiger partial charge in [0.15, 0.2) is 17.4 Å². The molecule has 2 saturated heterocycles. The van der Waals surface area contributed by atoms with Crippen molar-refractivity contribution in [1.82, 2.24) is 19.5 Å². The predicted octanol–water partition coefficient (Wildman–Crippen LogP) is 1.40. The summed E-state index contributed by atoms with van der Waals surface area (Å²) in [5.74, 6) is 0.227. The van der Waals surface area contributed by atoms with Crippen molar-refractivity contribution in [1.29, 1.82) is 0 Å². The maximum Gasteiger partial charge on any atom is 0.475 e. The number of anilines is 1. The molecule has 4 heterocycles. The minimum Gasteiger partial charge on any atom is -0.476 e. The summed E-state index contributed by atoms with van der Waals surface area (Å²) in [5, 5.41) is 11.3. The van der Waals surface area contributed by atoms with E-state index in [9.17, 15) is 9.67 Å². The van der Waals surface area contributed by atoms with Crippen LogP contribution in [0.15, 0.2) is 6.33 Å². The maximum atomic E-state index is 12.7. The zero-order valence-electron chi connectivity index (χ0n) is 16.5. The number of fused-ring (bicyclic) bond motifs is 2. The largest absolute Gasteiger partial charge is 0.476 e. The van der Waals surface area contributed by atoms with Crippen LogP contribution < -0.4 is 10.5 Å². The Morgan fingerprint density at radius 1 is 1.48 bits per heavy atom. The Morgan fingerprint density at radius 3 is 2.93 bits per heavy atom. The van der Waals surface area contributed by atoms with Crippen molar-refractivity contribution in [3.05, 3.63) is 6.33 Å². The van der Waals surface area contributed by atoms with Crippen molar-refractivity contribution < 1.29 is 32.7 Å². The summed E-state index contributed by atoms with van der Waals surface area (Å²) in [6.45, 7) is 7.06. The quantitative estimate of drug-likeness (QED) is 0.663. The molecule has 13 heteroatoms. The van der Waals surface area contributed by atoms with Crippen LogP contribution in [0.5, 0.6) is 5.88 Å². The third kappa shape index (κ3) is 3.49. The van der Waals surface area contributed by atoms with Gasteiger partial charge in [-0.3, -0.25) is 18.1 Å². The third-order valence-electron chi connectivity index (χ3n) is 4.64. The van der Waals surface area contributed by atoms with E-state index in [0.29, 0.717) is 17.8 Å². The van der Waals surface area contributed by atoms with Gasteiger partial charge in [-0.1, -0.05) is 0 Å². The molecule has 0 bridgehead atoms. The molecule has 0 amide bonds. The summed E-state index contributed by atoms with van der Waals surface area (Å²) in [6.07, 6.45) is -1.51. The van der Waals surface area contributed by atoms with Crippen LogP contribution >= 0.6 is 7.82 Å². The second-order valence-electron chi connectivity index (χ2n) is 7.32. The lowest BCUT2D eigenvalue weighted by atomic mass is 9.96. The van der Waals surface area contributed by atoms with Crippen LogP contribution in [0.4, 0.5) is 5.95 Å². The first kappa shape index (κ1) is 20.5. The number of aromatic nitrogens is 4. The molecule has 3 unspecified atom stereocenters. The molecule has 0 radical (unpaired) electrons. The van der Waals surface area contributed by atoms with E-state index in [1.54, 1.807) is 13.8 Å². The van der Waals surface area contributed by atoms with Crippen molar-refractivity contribution in [2.75, 3.05) is 18.9 Å². The van der Waals surface area contributed by atoms with Gasteiger partial charge in [-0.15, -0.1) is 0 Å². The Kier molecular flexibility index (Phi) is 5.04. The van der Waals surface area contributed by atoms with E-state index < -0.39 is 31.9 Å². The average molecular weight is 429 g/mol. The molecule has 4 rings (SSSR count). The van der Waals surface area contributed by atoms with E-state index >= 15 is 0 Å². The smallest absolute Gasteiger partial charge is 0.475 e. The molecule has 0 spiro atoms. The third-order valence-corrected chi connectivity index (χ3v) is 6.27. The zero-order chi connectivity index (χ0) is 21.0. The fraction of sp³-hybridized carbons (Fsp3) is 0.688. The van der Waals surface area contributed by atoms with Crippen molar-refractivity contribution in [3.8, 4) is 5.88 Å². The van der Waals surface area contributed by atoms with Crippen molar-refractivity contribution in [3.63, 3.8) is 0 Å². The Hall–Kier alpha value is -1.82. The van der Waals surface area contributed by atoms with E-state index in [0.717, 1.165) is 0 Å². The SMILES string of the molecule is CCOc1nc(N)nc2c1ncn2C1OC2COP(=O)(OC(C)C)O[C@H]2[C@@]1(C)O. The van der Waals surface area contributed by atoms with Gasteiger partial charge in [0.2, 0.25) is 11.8 Å². The number of nitrogen functional groups attached to an aromatic ring is 1. The highest BCUT2D eigenvalue weighted by Crippen LogP contribution is 2.59. The Bertz CT molecular complexity index is 965. The molecule has 2 aromatic heterocycles. The summed E-state index contributed by atoms with van der Waals surface area (Å²) in [4.78, 5) is 12.6. The summed E-state index contributed by atoms with van der Waals surface area (Å²) < 4.78 is 41.9. The lowest BCUT2D eigenvalue weighted by Gasteiger charge is -2.35. The minimum atomic E-state index is -3.83. The fourth-order valence-electron chi connectivity index (χ4n) is 3.50. The van der Waals surface area contributed by atoms with Crippen LogP contribution in [0.25, 0.3) is 11.2 Å². The summed E-state index contributed by atoms with van der Waals surface area (Å²) in [5.41, 5.74) is 4.91. The van der Waals surface area contributed by atoms with E-state index in [1.165, 1.54) is 17.8 Å². The summed E-state index contributed by atoms with van der Waals surface area (Å²) >= 11 is 0. The van der Waals surface area contributed by atoms with Gasteiger partial charge >= 0.3 is 7.82 Å². The lowest BCUT2D eigenvalue weighted by Crippen LogP contribution is -2.47. The van der Waals surface area contributed by atoms with Crippen LogP contribution in [0.1, 0.15) is 33.9 Å². The number of nitrogens with two attached hydrogens (primary N) is 1. The number of phosphoric acid groups is 1. The molecule has 2 aliphatic rings. The second kappa shape index (κ2) is 7.15. The van der Waals surface area contributed by atoms with Gasteiger partial charge in [0.25, 0.3) is 0 Å². The summed E-state index contributed by atoms with van der Waals surface area (Å²) in [7, 11) is -3.83. The van der Waals surface area contributed by atoms with Gasteiger partial charge < -0.3 is 20.3 Å². The topological polar surface area (TPSA) is 153 Å². The standard InChI is InChI=1S/C16H24N5O7P/c1-5-24-13-10-12(19-15(17)20-13)21(7-18-10)14-16(4,22)11-9(26-14)6-25-29(23,28-11)27-8(2)3/h7-9,11,14,22H,5-6H2,1-4H3,(H2,17,19,20)/t9?,11-,14?,16-,29?/m1/s1. The summed E-state index contributed by atoms with van der Waals surface area (Å²) in [6, 6.07) is 0. The van der Waals surface area contributed by atoms with Gasteiger partial charge in [-0.05, 0) is 27.7 Å². The van der Waals surface area contributed by atoms with Gasteiger partial charge in [0.1, 0.15) is 17.8 Å².